The highest BCUT2D eigenvalue weighted by molar-refractivity contribution is 5.95. The zero-order chi connectivity index (χ0) is 16.7. The number of hydrogen-bond donors (Lipinski definition) is 1. The van der Waals surface area contributed by atoms with Gasteiger partial charge in [-0.15, -0.1) is 0 Å². The number of fused-ring (bicyclic) bond motifs is 3. The number of nitrogens with zero attached hydrogens (tertiary/aromatic N) is 2. The Balaban J connectivity index is 1.49. The molecular weight excluding hydrogens is 302 g/mol. The number of aromatic nitrogens is 1. The number of amides is 1. The molecule has 0 radical (unpaired) electrons. The van der Waals surface area contributed by atoms with Crippen molar-refractivity contribution < 1.29 is 9.53 Å². The molecule has 4 rings (SSSR count). The number of carbonyl (C=O) groups excluding carboxylic acids is 1. The molecule has 1 aromatic heterocycles. The number of benzene rings is 1. The number of anilines is 1. The summed E-state index contributed by atoms with van der Waals surface area (Å²) in [6, 6.07) is 8.27. The molecule has 5 nitrogen and oxygen atoms in total. The van der Waals surface area contributed by atoms with E-state index in [9.17, 15) is 4.79 Å². The molecule has 2 aliphatic heterocycles. The van der Waals surface area contributed by atoms with Crippen molar-refractivity contribution in [2.75, 3.05) is 26.0 Å². The van der Waals surface area contributed by atoms with Gasteiger partial charge in [-0.05, 0) is 56.9 Å². The molecular formula is C19H25N3O2. The number of nitrogens with one attached hydrogen (secondary N) is 1. The molecule has 3 atom stereocenters. The van der Waals surface area contributed by atoms with Crippen LogP contribution in [0.3, 0.4) is 0 Å². The monoisotopic (exact) mass is 327 g/mol. The van der Waals surface area contributed by atoms with E-state index in [0.29, 0.717) is 6.10 Å². The Kier molecular flexibility index (Phi) is 4.06. The summed E-state index contributed by atoms with van der Waals surface area (Å²) in [5.41, 5.74) is 2.04. The molecule has 1 aromatic carbocycles. The molecule has 128 valence electrons. The van der Waals surface area contributed by atoms with E-state index in [4.69, 9.17) is 4.74 Å². The average molecular weight is 327 g/mol. The Morgan fingerprint density at radius 2 is 2.21 bits per heavy atom. The first-order valence-corrected chi connectivity index (χ1v) is 8.80. The second-order valence-electron chi connectivity index (χ2n) is 7.29. The van der Waals surface area contributed by atoms with Gasteiger partial charge >= 0.3 is 0 Å². The minimum absolute atomic E-state index is 0.0139. The van der Waals surface area contributed by atoms with Gasteiger partial charge in [0.2, 0.25) is 5.91 Å². The van der Waals surface area contributed by atoms with Crippen molar-refractivity contribution in [1.29, 1.82) is 0 Å². The fourth-order valence-corrected chi connectivity index (χ4v) is 3.91. The van der Waals surface area contributed by atoms with E-state index in [0.717, 1.165) is 38.0 Å². The molecule has 3 heterocycles. The van der Waals surface area contributed by atoms with E-state index >= 15 is 0 Å². The molecule has 5 heteroatoms. The third-order valence-corrected chi connectivity index (χ3v) is 5.27. The average Bonchev–Trinajstić information content (AvgIpc) is 3.28. The summed E-state index contributed by atoms with van der Waals surface area (Å²) in [5, 5.41) is 4.30. The van der Waals surface area contributed by atoms with Gasteiger partial charge in [-0.1, -0.05) is 6.07 Å². The van der Waals surface area contributed by atoms with E-state index in [-0.39, 0.29) is 17.9 Å². The van der Waals surface area contributed by atoms with Crippen molar-refractivity contribution in [2.24, 2.45) is 5.92 Å². The van der Waals surface area contributed by atoms with E-state index in [1.165, 1.54) is 10.9 Å². The molecule has 2 bridgehead atoms. The highest BCUT2D eigenvalue weighted by Crippen LogP contribution is 2.39. The second kappa shape index (κ2) is 6.22. The third-order valence-electron chi connectivity index (χ3n) is 5.27. The minimum Gasteiger partial charge on any atom is -0.374 e. The standard InChI is InChI=1S/C19H25N3O2/c1-21(2)9-10-22-8-7-13-3-4-14(11-17(13)22)20-19(23)16-12-15-5-6-18(16)24-15/h3-4,7-8,11,15-16,18H,5-6,9-10,12H2,1-2H3,(H,20,23). The van der Waals surface area contributed by atoms with Crippen LogP contribution in [0.2, 0.25) is 0 Å². The van der Waals surface area contributed by atoms with Crippen molar-refractivity contribution in [3.63, 3.8) is 0 Å². The molecule has 2 aliphatic rings. The largest absolute Gasteiger partial charge is 0.374 e. The van der Waals surface area contributed by atoms with Crippen LogP contribution in [0.15, 0.2) is 30.5 Å². The van der Waals surface area contributed by atoms with Crippen molar-refractivity contribution >= 4 is 22.5 Å². The highest BCUT2D eigenvalue weighted by atomic mass is 16.5. The van der Waals surface area contributed by atoms with Gasteiger partial charge < -0.3 is 19.5 Å². The molecule has 0 aliphatic carbocycles. The summed E-state index contributed by atoms with van der Waals surface area (Å²) < 4.78 is 8.05. The first kappa shape index (κ1) is 15.7. The van der Waals surface area contributed by atoms with Crippen LogP contribution in [-0.4, -0.2) is 48.2 Å². The number of carbonyl (C=O) groups is 1. The maximum atomic E-state index is 12.6. The maximum Gasteiger partial charge on any atom is 0.230 e. The molecule has 2 saturated heterocycles. The Bertz CT molecular complexity index is 752. The van der Waals surface area contributed by atoms with Crippen LogP contribution in [0, 0.1) is 5.92 Å². The molecule has 3 unspecified atom stereocenters. The normalized spacial score (nSPS) is 25.7. The smallest absolute Gasteiger partial charge is 0.230 e. The zero-order valence-electron chi connectivity index (χ0n) is 14.4. The topological polar surface area (TPSA) is 46.5 Å². The van der Waals surface area contributed by atoms with Gasteiger partial charge in [0.25, 0.3) is 0 Å². The van der Waals surface area contributed by atoms with Crippen LogP contribution in [0.25, 0.3) is 10.9 Å². The Hall–Kier alpha value is -1.85. The first-order valence-electron chi connectivity index (χ1n) is 8.80. The van der Waals surface area contributed by atoms with Crippen LogP contribution in [0.5, 0.6) is 0 Å². The SMILES string of the molecule is CN(C)CCn1ccc2ccc(NC(=O)C3CC4CCC3O4)cc21. The van der Waals surface area contributed by atoms with Crippen molar-refractivity contribution in [2.45, 2.75) is 38.0 Å². The summed E-state index contributed by atoms with van der Waals surface area (Å²) in [5.74, 6) is 0.118. The van der Waals surface area contributed by atoms with E-state index in [2.05, 4.69) is 53.3 Å². The number of hydrogen-bond acceptors (Lipinski definition) is 3. The lowest BCUT2D eigenvalue weighted by Crippen LogP contribution is -2.30. The van der Waals surface area contributed by atoms with Gasteiger partial charge in [0.05, 0.1) is 23.6 Å². The molecule has 1 N–H and O–H groups in total. The summed E-state index contributed by atoms with van der Waals surface area (Å²) in [7, 11) is 4.16. The number of ether oxygens (including phenoxy) is 1. The summed E-state index contributed by atoms with van der Waals surface area (Å²) >= 11 is 0. The summed E-state index contributed by atoms with van der Waals surface area (Å²) in [4.78, 5) is 14.7. The molecule has 0 saturated carbocycles. The van der Waals surface area contributed by atoms with E-state index in [1.54, 1.807) is 0 Å². The predicted molar refractivity (Wildman–Crippen MR) is 95.1 cm³/mol. The fraction of sp³-hybridized carbons (Fsp3) is 0.526. The first-order chi connectivity index (χ1) is 11.6. The Labute approximate surface area is 142 Å². The molecule has 24 heavy (non-hydrogen) atoms. The van der Waals surface area contributed by atoms with Gasteiger partial charge in [0, 0.05) is 25.0 Å². The molecule has 2 aromatic rings. The van der Waals surface area contributed by atoms with Gasteiger partial charge in [-0.2, -0.15) is 0 Å². The molecule has 1 amide bonds. The number of likely N-dealkylation sites (N-methyl/N-ethyl adjacent to an activating group) is 1. The Morgan fingerprint density at radius 3 is 2.92 bits per heavy atom. The van der Waals surface area contributed by atoms with Crippen LogP contribution < -0.4 is 5.32 Å². The lowest BCUT2D eigenvalue weighted by atomic mass is 9.88. The molecule has 0 spiro atoms. The van der Waals surface area contributed by atoms with Crippen molar-refractivity contribution in [3.05, 3.63) is 30.5 Å². The van der Waals surface area contributed by atoms with Gasteiger partial charge in [-0.25, -0.2) is 0 Å². The second-order valence-corrected chi connectivity index (χ2v) is 7.29. The van der Waals surface area contributed by atoms with Crippen molar-refractivity contribution in [3.8, 4) is 0 Å². The van der Waals surface area contributed by atoms with E-state index < -0.39 is 0 Å². The fourth-order valence-electron chi connectivity index (χ4n) is 3.91. The maximum absolute atomic E-state index is 12.6. The van der Waals surface area contributed by atoms with Gasteiger partial charge in [0.1, 0.15) is 0 Å². The predicted octanol–water partition coefficient (Wildman–Crippen LogP) is 2.71. The highest BCUT2D eigenvalue weighted by Gasteiger charge is 2.44. The lowest BCUT2D eigenvalue weighted by molar-refractivity contribution is -0.121. The van der Waals surface area contributed by atoms with Crippen LogP contribution >= 0.6 is 0 Å². The zero-order valence-corrected chi connectivity index (χ0v) is 14.4. The quantitative estimate of drug-likeness (QED) is 0.918. The van der Waals surface area contributed by atoms with Gasteiger partial charge in [-0.3, -0.25) is 4.79 Å². The van der Waals surface area contributed by atoms with Crippen LogP contribution in [0.1, 0.15) is 19.3 Å². The summed E-state index contributed by atoms with van der Waals surface area (Å²) in [6.45, 7) is 1.93. The van der Waals surface area contributed by atoms with Crippen LogP contribution in [-0.2, 0) is 16.1 Å². The lowest BCUT2D eigenvalue weighted by Gasteiger charge is -2.18. The van der Waals surface area contributed by atoms with E-state index in [1.807, 2.05) is 6.07 Å². The minimum atomic E-state index is 0.0139. The number of rotatable bonds is 5. The molecule has 2 fully saturated rings. The third kappa shape index (κ3) is 2.94. The Morgan fingerprint density at radius 1 is 1.33 bits per heavy atom. The summed E-state index contributed by atoms with van der Waals surface area (Å²) in [6.07, 6.45) is 5.55. The van der Waals surface area contributed by atoms with Crippen molar-refractivity contribution in [1.82, 2.24) is 9.47 Å². The van der Waals surface area contributed by atoms with Crippen LogP contribution in [0.4, 0.5) is 5.69 Å². The van der Waals surface area contributed by atoms with Gasteiger partial charge in [0.15, 0.2) is 0 Å².